The molecule has 3 aromatic rings. The number of likely N-dealkylation sites (tertiary alicyclic amines) is 1. The first-order chi connectivity index (χ1) is 31.4. The molecule has 0 radical (unpaired) electrons. The Morgan fingerprint density at radius 2 is 1.69 bits per heavy atom. The molecule has 4 aliphatic rings. The first kappa shape index (κ1) is 47.2. The van der Waals surface area contributed by atoms with Gasteiger partial charge in [-0.3, -0.25) is 39.0 Å². The molecule has 0 bridgehead atoms. The molecule has 7 rings (SSSR count). The lowest BCUT2D eigenvalue weighted by Crippen LogP contribution is -2.52. The zero-order chi connectivity index (χ0) is 46.2. The van der Waals surface area contributed by atoms with Gasteiger partial charge in [0.2, 0.25) is 17.7 Å². The normalized spacial score (nSPS) is 18.5. The number of imide groups is 2. The highest BCUT2D eigenvalue weighted by Crippen LogP contribution is 2.39. The number of fused-ring (bicyclic) bond motifs is 2. The summed E-state index contributed by atoms with van der Waals surface area (Å²) in [4.78, 5) is 82.7. The summed E-state index contributed by atoms with van der Waals surface area (Å²) in [7, 11) is 1.52. The van der Waals surface area contributed by atoms with Crippen LogP contribution in [0.4, 0.5) is 10.1 Å². The van der Waals surface area contributed by atoms with Gasteiger partial charge in [-0.2, -0.15) is 0 Å². The molecule has 16 heteroatoms. The summed E-state index contributed by atoms with van der Waals surface area (Å²) in [5, 5.41) is 5.15. The predicted molar refractivity (Wildman–Crippen MR) is 242 cm³/mol. The maximum absolute atomic E-state index is 15.1. The summed E-state index contributed by atoms with van der Waals surface area (Å²) >= 11 is -1.36. The van der Waals surface area contributed by atoms with Crippen LogP contribution >= 0.6 is 0 Å². The van der Waals surface area contributed by atoms with E-state index in [0.717, 1.165) is 69.5 Å². The third-order valence-corrected chi connectivity index (χ3v) is 13.3. The number of piperidine rings is 2. The Morgan fingerprint density at radius 3 is 2.42 bits per heavy atom. The number of benzene rings is 3. The average Bonchev–Trinajstić information content (AvgIpc) is 3.73. The summed E-state index contributed by atoms with van der Waals surface area (Å²) < 4.78 is 38.7. The van der Waals surface area contributed by atoms with Crippen molar-refractivity contribution in [3.8, 4) is 23.3 Å². The number of ether oxygens (including phenoxy) is 2. The van der Waals surface area contributed by atoms with E-state index in [0.29, 0.717) is 35.7 Å². The van der Waals surface area contributed by atoms with Crippen molar-refractivity contribution in [1.29, 1.82) is 0 Å². The van der Waals surface area contributed by atoms with Crippen LogP contribution < -0.4 is 20.1 Å². The smallest absolute Gasteiger partial charge is 0.264 e. The molecule has 6 amide bonds. The topological polar surface area (TPSA) is 178 Å². The van der Waals surface area contributed by atoms with Gasteiger partial charge < -0.3 is 29.1 Å². The minimum Gasteiger partial charge on any atom is -0.616 e. The van der Waals surface area contributed by atoms with Gasteiger partial charge >= 0.3 is 0 Å². The number of nitrogens with one attached hydrogen (secondary N) is 2. The number of rotatable bonds is 18. The second-order valence-corrected chi connectivity index (χ2v) is 18.5. The Labute approximate surface area is 382 Å². The van der Waals surface area contributed by atoms with Crippen LogP contribution in [-0.4, -0.2) is 106 Å². The van der Waals surface area contributed by atoms with Crippen LogP contribution in [0, 0.1) is 23.6 Å². The molecule has 0 saturated carbocycles. The summed E-state index contributed by atoms with van der Waals surface area (Å²) in [5.74, 6) is 4.23. The van der Waals surface area contributed by atoms with Gasteiger partial charge in [-0.25, -0.2) is 4.39 Å². The SMILES string of the molecule is CCOc1cc(C(C[S+](C)[O-])N2C(=O)c3cccc(NC(=O)CCCCCCCCN4CCC(C#Cc5cc6c(cc5F)C(=O)N(C5CCC(=O)NC5=O)C6)CC4)c3C2=O)ccc1OC. The Kier molecular flexibility index (Phi) is 15.6. The number of carbonyl (C=O) groups excluding carboxylic acids is 6. The van der Waals surface area contributed by atoms with Crippen molar-refractivity contribution in [3.63, 3.8) is 0 Å². The molecule has 3 unspecified atom stereocenters. The number of amides is 6. The van der Waals surface area contributed by atoms with Gasteiger partial charge in [0.1, 0.15) is 23.7 Å². The molecule has 0 aromatic heterocycles. The lowest BCUT2D eigenvalue weighted by atomic mass is 9.96. The van der Waals surface area contributed by atoms with Crippen molar-refractivity contribution in [1.82, 2.24) is 20.0 Å². The van der Waals surface area contributed by atoms with E-state index >= 15 is 4.39 Å². The number of nitrogens with zero attached hydrogens (tertiary/aromatic N) is 3. The monoisotopic (exact) mass is 909 g/mol. The van der Waals surface area contributed by atoms with Crippen molar-refractivity contribution < 1.29 is 47.2 Å². The molecular weight excluding hydrogens is 854 g/mol. The zero-order valence-corrected chi connectivity index (χ0v) is 38.0. The fourth-order valence-electron chi connectivity index (χ4n) is 9.11. The molecule has 2 saturated heterocycles. The second kappa shape index (κ2) is 21.5. The molecule has 3 aromatic carbocycles. The van der Waals surface area contributed by atoms with Crippen molar-refractivity contribution in [3.05, 3.63) is 87.7 Å². The maximum Gasteiger partial charge on any atom is 0.264 e. The summed E-state index contributed by atoms with van der Waals surface area (Å²) in [5.41, 5.74) is 2.26. The number of methoxy groups -OCH3 is 1. The van der Waals surface area contributed by atoms with E-state index in [2.05, 4.69) is 27.4 Å². The van der Waals surface area contributed by atoms with E-state index in [1.165, 1.54) is 24.3 Å². The standard InChI is InChI=1S/C49H56FN5O9S/c1-4-64-42-27-33(17-19-41(42)63-2)40(30-65(3)62)55-48(60)35-12-11-13-38(45(35)49(55)61)51-43(56)14-9-7-5-6-8-10-23-53-24-21-31(22-25-53)15-16-32-26-34-29-54(47(59)36(34)28-37(32)50)39-18-20-44(57)52-46(39)58/h11-13,17,19,26-28,31,39-40H,4-10,14,18,20-25,29-30H2,1-3H3,(H,51,56)(H,52,57,58). The molecule has 65 heavy (non-hydrogen) atoms. The van der Waals surface area contributed by atoms with E-state index < -0.39 is 52.7 Å². The summed E-state index contributed by atoms with van der Waals surface area (Å²) in [6, 6.07) is 11.2. The number of halogens is 1. The predicted octanol–water partition coefficient (Wildman–Crippen LogP) is 6.14. The third kappa shape index (κ3) is 11.0. The molecule has 14 nitrogen and oxygen atoms in total. The molecular formula is C49H56FN5O9S. The Morgan fingerprint density at radius 1 is 0.938 bits per heavy atom. The molecule has 344 valence electrons. The van der Waals surface area contributed by atoms with E-state index in [9.17, 15) is 33.3 Å². The van der Waals surface area contributed by atoms with E-state index in [-0.39, 0.29) is 77.2 Å². The zero-order valence-electron chi connectivity index (χ0n) is 37.2. The van der Waals surface area contributed by atoms with Crippen LogP contribution in [0.15, 0.2) is 48.5 Å². The van der Waals surface area contributed by atoms with Crippen LogP contribution in [0.25, 0.3) is 0 Å². The first-order valence-corrected chi connectivity index (χ1v) is 24.2. The van der Waals surface area contributed by atoms with Crippen molar-refractivity contribution in [2.75, 3.05) is 50.7 Å². The largest absolute Gasteiger partial charge is 0.616 e. The van der Waals surface area contributed by atoms with Crippen LogP contribution in [0.1, 0.15) is 131 Å². The molecule has 2 fully saturated rings. The Balaban J connectivity index is 0.806. The van der Waals surface area contributed by atoms with Crippen molar-refractivity contribution >= 4 is 52.3 Å². The first-order valence-electron chi connectivity index (χ1n) is 22.5. The van der Waals surface area contributed by atoms with Crippen LogP contribution in [0.2, 0.25) is 0 Å². The highest BCUT2D eigenvalue weighted by molar-refractivity contribution is 7.90. The molecule has 3 atom stereocenters. The Hall–Kier alpha value is -5.76. The number of carbonyl (C=O) groups is 6. The highest BCUT2D eigenvalue weighted by Gasteiger charge is 2.44. The van der Waals surface area contributed by atoms with Gasteiger partial charge in [-0.1, -0.05) is 60.8 Å². The molecule has 2 N–H and O–H groups in total. The average molecular weight is 910 g/mol. The van der Waals surface area contributed by atoms with Crippen LogP contribution in [0.5, 0.6) is 11.5 Å². The van der Waals surface area contributed by atoms with Gasteiger partial charge in [0, 0.05) is 30.9 Å². The quantitative estimate of drug-likeness (QED) is 0.0652. The Bertz CT molecular complexity index is 2390. The molecule has 4 aliphatic heterocycles. The number of hydrogen-bond donors (Lipinski definition) is 2. The van der Waals surface area contributed by atoms with Gasteiger partial charge in [0.05, 0.1) is 42.4 Å². The van der Waals surface area contributed by atoms with Crippen molar-refractivity contribution in [2.24, 2.45) is 5.92 Å². The second-order valence-electron chi connectivity index (χ2n) is 17.0. The summed E-state index contributed by atoms with van der Waals surface area (Å²) in [6.45, 7) is 5.20. The van der Waals surface area contributed by atoms with E-state index in [1.54, 1.807) is 42.5 Å². The number of anilines is 1. The van der Waals surface area contributed by atoms with Crippen molar-refractivity contribution in [2.45, 2.75) is 96.2 Å². The fraction of sp³-hybridized carbons (Fsp3) is 0.469. The summed E-state index contributed by atoms with van der Waals surface area (Å²) in [6.07, 6.45) is 9.73. The van der Waals surface area contributed by atoms with Crippen LogP contribution in [-0.2, 0) is 32.1 Å². The van der Waals surface area contributed by atoms with Gasteiger partial charge in [0.25, 0.3) is 17.7 Å². The van der Waals surface area contributed by atoms with E-state index in [4.69, 9.17) is 9.47 Å². The highest BCUT2D eigenvalue weighted by atomic mass is 32.2. The van der Waals surface area contributed by atoms with Gasteiger partial charge in [-0.15, -0.1) is 0 Å². The third-order valence-electron chi connectivity index (χ3n) is 12.5. The minimum absolute atomic E-state index is 0.0211. The molecule has 0 aliphatic carbocycles. The van der Waals surface area contributed by atoms with Gasteiger partial charge in [0.15, 0.2) is 11.5 Å². The lowest BCUT2D eigenvalue weighted by Gasteiger charge is -2.29. The van der Waals surface area contributed by atoms with Crippen LogP contribution in [0.3, 0.4) is 0 Å². The fourth-order valence-corrected chi connectivity index (χ4v) is 9.89. The molecule has 4 heterocycles. The van der Waals surface area contributed by atoms with E-state index in [1.807, 2.05) is 6.92 Å². The lowest BCUT2D eigenvalue weighted by molar-refractivity contribution is -0.137. The number of unbranched alkanes of at least 4 members (excludes halogenated alkanes) is 5. The minimum atomic E-state index is -1.36. The molecule has 0 spiro atoms. The van der Waals surface area contributed by atoms with Gasteiger partial charge in [-0.05, 0) is 106 Å². The number of hydrogen-bond acceptors (Lipinski definition) is 10. The maximum atomic E-state index is 15.1.